The van der Waals surface area contributed by atoms with Gasteiger partial charge in [-0.3, -0.25) is 0 Å². The molecule has 1 saturated carbocycles. The molecule has 0 aliphatic heterocycles. The minimum absolute atomic E-state index is 0.0327. The van der Waals surface area contributed by atoms with E-state index in [-0.39, 0.29) is 6.61 Å². The van der Waals surface area contributed by atoms with Gasteiger partial charge in [0, 0.05) is 5.56 Å². The molecule has 2 nitrogen and oxygen atoms in total. The summed E-state index contributed by atoms with van der Waals surface area (Å²) in [7, 11) is 0. The van der Waals surface area contributed by atoms with Crippen LogP contribution < -0.4 is 10.5 Å². The Bertz CT molecular complexity index is 414. The van der Waals surface area contributed by atoms with E-state index in [0.717, 1.165) is 12.0 Å². The Morgan fingerprint density at radius 2 is 2.18 bits per heavy atom. The van der Waals surface area contributed by atoms with Gasteiger partial charge in [-0.15, -0.1) is 0 Å². The molecule has 1 aromatic carbocycles. The predicted octanol–water partition coefficient (Wildman–Crippen LogP) is 3.40. The summed E-state index contributed by atoms with van der Waals surface area (Å²) in [5, 5.41) is 1.00. The van der Waals surface area contributed by atoms with E-state index < -0.39 is 6.67 Å². The smallest absolute Gasteiger partial charge is 0.124 e. The van der Waals surface area contributed by atoms with Crippen molar-refractivity contribution in [2.75, 3.05) is 19.8 Å². The lowest BCUT2D eigenvalue weighted by atomic mass is 10.1. The van der Waals surface area contributed by atoms with Crippen LogP contribution in [0.1, 0.15) is 17.9 Å². The van der Waals surface area contributed by atoms with Gasteiger partial charge in [0.1, 0.15) is 19.0 Å². The van der Waals surface area contributed by atoms with E-state index in [9.17, 15) is 4.39 Å². The zero-order chi connectivity index (χ0) is 12.4. The molecule has 0 heterocycles. The molecule has 1 aliphatic carbocycles. The average Bonchev–Trinajstić information content (AvgIpc) is 3.09. The van der Waals surface area contributed by atoms with E-state index in [1.54, 1.807) is 12.1 Å². The SMILES string of the molecule is NCC1C[C@@H]1c1c(OCCF)ccc(Cl)c1Cl. The van der Waals surface area contributed by atoms with Gasteiger partial charge in [0.25, 0.3) is 0 Å². The van der Waals surface area contributed by atoms with Gasteiger partial charge in [-0.25, -0.2) is 4.39 Å². The quantitative estimate of drug-likeness (QED) is 0.895. The van der Waals surface area contributed by atoms with Crippen LogP contribution in [0.4, 0.5) is 4.39 Å². The zero-order valence-corrected chi connectivity index (χ0v) is 10.8. The lowest BCUT2D eigenvalue weighted by Crippen LogP contribution is -2.05. The van der Waals surface area contributed by atoms with E-state index in [0.29, 0.717) is 34.2 Å². The molecule has 0 aromatic heterocycles. The lowest BCUT2D eigenvalue weighted by Gasteiger charge is -2.13. The van der Waals surface area contributed by atoms with Gasteiger partial charge in [-0.1, -0.05) is 23.2 Å². The number of rotatable bonds is 5. The molecule has 0 amide bonds. The zero-order valence-electron chi connectivity index (χ0n) is 9.26. The highest BCUT2D eigenvalue weighted by atomic mass is 35.5. The number of hydrogen-bond donors (Lipinski definition) is 1. The van der Waals surface area contributed by atoms with Crippen molar-refractivity contribution in [3.63, 3.8) is 0 Å². The second-order valence-electron chi connectivity index (χ2n) is 4.15. The summed E-state index contributed by atoms with van der Waals surface area (Å²) in [5.74, 6) is 1.34. The molecule has 1 unspecified atom stereocenters. The molecule has 0 radical (unpaired) electrons. The van der Waals surface area contributed by atoms with Crippen LogP contribution in [0.2, 0.25) is 10.0 Å². The normalized spacial score (nSPS) is 22.6. The Labute approximate surface area is 110 Å². The molecular weight excluding hydrogens is 264 g/mol. The van der Waals surface area contributed by atoms with Crippen molar-refractivity contribution in [3.05, 3.63) is 27.7 Å². The number of halogens is 3. The molecule has 0 bridgehead atoms. The minimum Gasteiger partial charge on any atom is -0.491 e. The Morgan fingerprint density at radius 3 is 2.76 bits per heavy atom. The highest BCUT2D eigenvalue weighted by molar-refractivity contribution is 6.42. The first kappa shape index (κ1) is 12.9. The second-order valence-corrected chi connectivity index (χ2v) is 4.93. The Kier molecular flexibility index (Phi) is 4.13. The van der Waals surface area contributed by atoms with Crippen LogP contribution in [0, 0.1) is 5.92 Å². The van der Waals surface area contributed by atoms with E-state index in [1.165, 1.54) is 0 Å². The number of nitrogens with two attached hydrogens (primary N) is 1. The molecule has 1 aromatic rings. The highest BCUT2D eigenvalue weighted by Gasteiger charge is 2.40. The van der Waals surface area contributed by atoms with Crippen LogP contribution in [-0.4, -0.2) is 19.8 Å². The first-order valence-electron chi connectivity index (χ1n) is 5.55. The highest BCUT2D eigenvalue weighted by Crippen LogP contribution is 2.53. The summed E-state index contributed by atoms with van der Waals surface area (Å²) >= 11 is 12.2. The molecule has 1 aliphatic rings. The Hall–Kier alpha value is -0.510. The largest absolute Gasteiger partial charge is 0.491 e. The topological polar surface area (TPSA) is 35.2 Å². The van der Waals surface area contributed by atoms with Gasteiger partial charge in [0.15, 0.2) is 0 Å². The summed E-state index contributed by atoms with van der Waals surface area (Å²) in [4.78, 5) is 0. The van der Waals surface area contributed by atoms with Gasteiger partial charge < -0.3 is 10.5 Å². The summed E-state index contributed by atoms with van der Waals surface area (Å²) < 4.78 is 17.5. The van der Waals surface area contributed by atoms with E-state index >= 15 is 0 Å². The Morgan fingerprint density at radius 1 is 1.41 bits per heavy atom. The van der Waals surface area contributed by atoms with Crippen LogP contribution in [0.5, 0.6) is 5.75 Å². The summed E-state index contributed by atoms with van der Waals surface area (Å²) in [6.07, 6.45) is 0.989. The molecule has 0 saturated heterocycles. The third-order valence-electron chi connectivity index (χ3n) is 3.02. The number of hydrogen-bond acceptors (Lipinski definition) is 2. The number of ether oxygens (including phenoxy) is 1. The van der Waals surface area contributed by atoms with Crippen LogP contribution in [0.3, 0.4) is 0 Å². The van der Waals surface area contributed by atoms with Crippen molar-refractivity contribution in [1.82, 2.24) is 0 Å². The summed E-state index contributed by atoms with van der Waals surface area (Å²) in [6.45, 7) is 0.131. The predicted molar refractivity (Wildman–Crippen MR) is 67.8 cm³/mol. The fourth-order valence-electron chi connectivity index (χ4n) is 2.03. The minimum atomic E-state index is -0.523. The molecule has 17 heavy (non-hydrogen) atoms. The number of alkyl halides is 1. The van der Waals surface area contributed by atoms with Gasteiger partial charge >= 0.3 is 0 Å². The molecular formula is C12H14Cl2FNO. The standard InChI is InChI=1S/C12H14Cl2FNO/c13-9-1-2-10(17-4-3-15)11(12(9)14)8-5-7(8)6-16/h1-2,7-8H,3-6,16H2/t7?,8-/m0/s1. The van der Waals surface area contributed by atoms with Crippen molar-refractivity contribution in [2.45, 2.75) is 12.3 Å². The molecule has 5 heteroatoms. The first-order valence-corrected chi connectivity index (χ1v) is 6.31. The third kappa shape index (κ3) is 2.67. The van der Waals surface area contributed by atoms with Crippen LogP contribution in [0.25, 0.3) is 0 Å². The molecule has 2 atom stereocenters. The molecule has 1 fully saturated rings. The maximum absolute atomic E-state index is 12.1. The summed E-state index contributed by atoms with van der Waals surface area (Å²) in [6, 6.07) is 3.41. The molecule has 94 valence electrons. The van der Waals surface area contributed by atoms with Crippen LogP contribution in [-0.2, 0) is 0 Å². The first-order chi connectivity index (χ1) is 8.19. The van der Waals surface area contributed by atoms with Gasteiger partial charge in [0.2, 0.25) is 0 Å². The monoisotopic (exact) mass is 277 g/mol. The van der Waals surface area contributed by atoms with Gasteiger partial charge in [-0.05, 0) is 36.9 Å². The van der Waals surface area contributed by atoms with Crippen molar-refractivity contribution in [3.8, 4) is 5.75 Å². The second kappa shape index (κ2) is 5.42. The molecule has 2 rings (SSSR count). The third-order valence-corrected chi connectivity index (χ3v) is 3.84. The van der Waals surface area contributed by atoms with Crippen molar-refractivity contribution in [1.29, 1.82) is 0 Å². The fourth-order valence-corrected chi connectivity index (χ4v) is 2.49. The maximum atomic E-state index is 12.1. The van der Waals surface area contributed by atoms with E-state index in [2.05, 4.69) is 0 Å². The van der Waals surface area contributed by atoms with Crippen molar-refractivity contribution >= 4 is 23.2 Å². The van der Waals surface area contributed by atoms with E-state index in [4.69, 9.17) is 33.7 Å². The van der Waals surface area contributed by atoms with Gasteiger partial charge in [-0.2, -0.15) is 0 Å². The fraction of sp³-hybridized carbons (Fsp3) is 0.500. The molecule has 2 N–H and O–H groups in total. The van der Waals surface area contributed by atoms with Crippen molar-refractivity contribution in [2.24, 2.45) is 11.7 Å². The van der Waals surface area contributed by atoms with Crippen molar-refractivity contribution < 1.29 is 9.13 Å². The average molecular weight is 278 g/mol. The van der Waals surface area contributed by atoms with Crippen LogP contribution >= 0.6 is 23.2 Å². The Balaban J connectivity index is 2.29. The maximum Gasteiger partial charge on any atom is 0.124 e. The van der Waals surface area contributed by atoms with Crippen LogP contribution in [0.15, 0.2) is 12.1 Å². The number of benzene rings is 1. The molecule has 0 spiro atoms. The summed E-state index contributed by atoms with van der Waals surface area (Å²) in [5.41, 5.74) is 6.50. The van der Waals surface area contributed by atoms with E-state index in [1.807, 2.05) is 0 Å². The van der Waals surface area contributed by atoms with Gasteiger partial charge in [0.05, 0.1) is 10.0 Å². The lowest BCUT2D eigenvalue weighted by molar-refractivity contribution is 0.271.